The minimum atomic E-state index is 0.410. The normalized spacial score (nSPS) is 14.6. The number of benzene rings is 1. The SMILES string of the molecule is CCCCN(CC)C(C(C)C)C(NCC)c1ccccc1. The lowest BCUT2D eigenvalue weighted by molar-refractivity contribution is 0.121. The van der Waals surface area contributed by atoms with Crippen molar-refractivity contribution in [3.63, 3.8) is 0 Å². The van der Waals surface area contributed by atoms with Crippen LogP contribution in [0.25, 0.3) is 0 Å². The van der Waals surface area contributed by atoms with Crippen LogP contribution in [0.4, 0.5) is 0 Å². The molecule has 1 rings (SSSR count). The van der Waals surface area contributed by atoms with Crippen molar-refractivity contribution >= 4 is 0 Å². The van der Waals surface area contributed by atoms with E-state index in [9.17, 15) is 0 Å². The van der Waals surface area contributed by atoms with Crippen LogP contribution < -0.4 is 5.32 Å². The number of unbranched alkanes of at least 4 members (excludes halogenated alkanes) is 1. The zero-order chi connectivity index (χ0) is 15.7. The molecule has 0 aromatic heterocycles. The molecule has 0 saturated heterocycles. The summed E-state index contributed by atoms with van der Waals surface area (Å²) in [6, 6.07) is 11.9. The van der Waals surface area contributed by atoms with Crippen LogP contribution in [0.2, 0.25) is 0 Å². The summed E-state index contributed by atoms with van der Waals surface area (Å²) in [6.45, 7) is 14.8. The lowest BCUT2D eigenvalue weighted by Gasteiger charge is -2.40. The molecule has 21 heavy (non-hydrogen) atoms. The predicted octanol–water partition coefficient (Wildman–Crippen LogP) is 4.48. The summed E-state index contributed by atoms with van der Waals surface area (Å²) >= 11 is 0. The summed E-state index contributed by atoms with van der Waals surface area (Å²) in [5.41, 5.74) is 1.41. The summed E-state index contributed by atoms with van der Waals surface area (Å²) in [7, 11) is 0. The van der Waals surface area contributed by atoms with Gasteiger partial charge in [0.15, 0.2) is 0 Å². The van der Waals surface area contributed by atoms with Gasteiger partial charge in [0.25, 0.3) is 0 Å². The van der Waals surface area contributed by atoms with Crippen molar-refractivity contribution in [2.45, 2.75) is 59.5 Å². The highest BCUT2D eigenvalue weighted by Crippen LogP contribution is 2.27. The third-order valence-electron chi connectivity index (χ3n) is 4.23. The van der Waals surface area contributed by atoms with E-state index in [0.717, 1.165) is 13.1 Å². The Kier molecular flexibility index (Phi) is 8.63. The molecule has 1 aromatic rings. The third kappa shape index (κ3) is 5.44. The van der Waals surface area contributed by atoms with Gasteiger partial charge in [0, 0.05) is 12.1 Å². The molecule has 0 fully saturated rings. The summed E-state index contributed by atoms with van der Waals surface area (Å²) in [4.78, 5) is 2.66. The van der Waals surface area contributed by atoms with Gasteiger partial charge in [0.05, 0.1) is 0 Å². The van der Waals surface area contributed by atoms with Crippen molar-refractivity contribution in [2.24, 2.45) is 5.92 Å². The van der Waals surface area contributed by atoms with E-state index >= 15 is 0 Å². The van der Waals surface area contributed by atoms with Crippen molar-refractivity contribution in [1.82, 2.24) is 10.2 Å². The molecule has 0 bridgehead atoms. The van der Waals surface area contributed by atoms with E-state index in [4.69, 9.17) is 0 Å². The molecule has 2 nitrogen and oxygen atoms in total. The van der Waals surface area contributed by atoms with Gasteiger partial charge in [-0.05, 0) is 37.5 Å². The van der Waals surface area contributed by atoms with E-state index in [1.54, 1.807) is 0 Å². The first-order chi connectivity index (χ1) is 10.2. The van der Waals surface area contributed by atoms with Crippen LogP contribution in [-0.2, 0) is 0 Å². The number of hydrogen-bond acceptors (Lipinski definition) is 2. The van der Waals surface area contributed by atoms with Crippen molar-refractivity contribution in [3.05, 3.63) is 35.9 Å². The molecule has 120 valence electrons. The van der Waals surface area contributed by atoms with Gasteiger partial charge in [-0.2, -0.15) is 0 Å². The molecular weight excluding hydrogens is 256 g/mol. The molecule has 0 heterocycles. The minimum absolute atomic E-state index is 0.410. The molecule has 2 atom stereocenters. The van der Waals surface area contributed by atoms with Gasteiger partial charge >= 0.3 is 0 Å². The van der Waals surface area contributed by atoms with Crippen LogP contribution in [0, 0.1) is 5.92 Å². The number of nitrogens with one attached hydrogen (secondary N) is 1. The Morgan fingerprint density at radius 3 is 2.19 bits per heavy atom. The van der Waals surface area contributed by atoms with Crippen LogP contribution in [0.3, 0.4) is 0 Å². The molecular formula is C19H34N2. The van der Waals surface area contributed by atoms with Crippen LogP contribution in [0.5, 0.6) is 0 Å². The number of rotatable bonds is 10. The second-order valence-corrected chi connectivity index (χ2v) is 6.16. The number of likely N-dealkylation sites (N-methyl/N-ethyl adjacent to an activating group) is 2. The molecule has 0 amide bonds. The first kappa shape index (κ1) is 18.2. The van der Waals surface area contributed by atoms with Crippen LogP contribution in [0.1, 0.15) is 59.1 Å². The minimum Gasteiger partial charge on any atom is -0.309 e. The molecule has 1 aromatic carbocycles. The Bertz CT molecular complexity index is 361. The van der Waals surface area contributed by atoms with E-state index in [0.29, 0.717) is 18.0 Å². The lowest BCUT2D eigenvalue weighted by atomic mass is 9.89. The van der Waals surface area contributed by atoms with Gasteiger partial charge in [0.2, 0.25) is 0 Å². The van der Waals surface area contributed by atoms with E-state index in [1.807, 2.05) is 0 Å². The lowest BCUT2D eigenvalue weighted by Crippen LogP contribution is -2.48. The molecule has 1 N–H and O–H groups in total. The molecule has 2 unspecified atom stereocenters. The second-order valence-electron chi connectivity index (χ2n) is 6.16. The average Bonchev–Trinajstić information content (AvgIpc) is 2.50. The van der Waals surface area contributed by atoms with E-state index < -0.39 is 0 Å². The third-order valence-corrected chi connectivity index (χ3v) is 4.23. The van der Waals surface area contributed by atoms with Gasteiger partial charge in [0.1, 0.15) is 0 Å². The van der Waals surface area contributed by atoms with Crippen LogP contribution >= 0.6 is 0 Å². The fourth-order valence-electron chi connectivity index (χ4n) is 3.21. The maximum absolute atomic E-state index is 3.73. The Morgan fingerprint density at radius 1 is 1.05 bits per heavy atom. The van der Waals surface area contributed by atoms with Gasteiger partial charge in [-0.1, -0.05) is 71.4 Å². The zero-order valence-corrected chi connectivity index (χ0v) is 14.6. The topological polar surface area (TPSA) is 15.3 Å². The zero-order valence-electron chi connectivity index (χ0n) is 14.6. The molecule has 0 saturated carbocycles. The largest absolute Gasteiger partial charge is 0.309 e. The van der Waals surface area contributed by atoms with Crippen LogP contribution in [0.15, 0.2) is 30.3 Å². The first-order valence-electron chi connectivity index (χ1n) is 8.67. The van der Waals surface area contributed by atoms with Gasteiger partial charge < -0.3 is 5.32 Å². The van der Waals surface area contributed by atoms with Gasteiger partial charge in [-0.3, -0.25) is 4.90 Å². The summed E-state index contributed by atoms with van der Waals surface area (Å²) < 4.78 is 0. The molecule has 0 aliphatic carbocycles. The Labute approximate surface area is 131 Å². The predicted molar refractivity (Wildman–Crippen MR) is 93.6 cm³/mol. The van der Waals surface area contributed by atoms with Crippen molar-refractivity contribution < 1.29 is 0 Å². The van der Waals surface area contributed by atoms with E-state index in [1.165, 1.54) is 24.9 Å². The Morgan fingerprint density at radius 2 is 1.71 bits per heavy atom. The van der Waals surface area contributed by atoms with Crippen LogP contribution in [-0.4, -0.2) is 30.6 Å². The van der Waals surface area contributed by atoms with Gasteiger partial charge in [-0.25, -0.2) is 0 Å². The van der Waals surface area contributed by atoms with Gasteiger partial charge in [-0.15, -0.1) is 0 Å². The molecule has 0 radical (unpaired) electrons. The Balaban J connectivity index is 3.02. The first-order valence-corrected chi connectivity index (χ1v) is 8.67. The molecule has 2 heteroatoms. The summed E-state index contributed by atoms with van der Waals surface area (Å²) in [6.07, 6.45) is 2.54. The van der Waals surface area contributed by atoms with Crippen molar-refractivity contribution in [1.29, 1.82) is 0 Å². The molecule has 0 aliphatic rings. The number of nitrogens with zero attached hydrogens (tertiary/aromatic N) is 1. The highest BCUT2D eigenvalue weighted by atomic mass is 15.2. The maximum atomic E-state index is 3.73. The van der Waals surface area contributed by atoms with Crippen molar-refractivity contribution in [2.75, 3.05) is 19.6 Å². The highest BCUT2D eigenvalue weighted by molar-refractivity contribution is 5.21. The van der Waals surface area contributed by atoms with E-state index in [-0.39, 0.29) is 0 Å². The summed E-state index contributed by atoms with van der Waals surface area (Å²) in [5, 5.41) is 3.73. The average molecular weight is 290 g/mol. The number of hydrogen-bond donors (Lipinski definition) is 1. The Hall–Kier alpha value is -0.860. The monoisotopic (exact) mass is 290 g/mol. The molecule has 0 spiro atoms. The molecule has 0 aliphatic heterocycles. The maximum Gasteiger partial charge on any atom is 0.0480 e. The smallest absolute Gasteiger partial charge is 0.0480 e. The standard InChI is InChI=1S/C19H34N2/c1-6-9-15-21(8-3)19(16(4)5)18(20-7-2)17-13-11-10-12-14-17/h10-14,16,18-20H,6-9,15H2,1-5H3. The van der Waals surface area contributed by atoms with E-state index in [2.05, 4.69) is 75.2 Å². The summed E-state index contributed by atoms with van der Waals surface area (Å²) in [5.74, 6) is 0.631. The second kappa shape index (κ2) is 9.97. The quantitative estimate of drug-likeness (QED) is 0.683. The van der Waals surface area contributed by atoms with Crippen molar-refractivity contribution in [3.8, 4) is 0 Å². The fraction of sp³-hybridized carbons (Fsp3) is 0.684. The fourth-order valence-corrected chi connectivity index (χ4v) is 3.21. The highest BCUT2D eigenvalue weighted by Gasteiger charge is 2.29.